The first-order valence-corrected chi connectivity index (χ1v) is 8.85. The summed E-state index contributed by atoms with van der Waals surface area (Å²) in [4.78, 5) is 26.2. The summed E-state index contributed by atoms with van der Waals surface area (Å²) in [5.41, 5.74) is 5.79. The molecule has 4 nitrogen and oxygen atoms in total. The fourth-order valence-electron chi connectivity index (χ4n) is 3.77. The Morgan fingerprint density at radius 2 is 1.80 bits per heavy atom. The zero-order valence-electron chi connectivity index (χ0n) is 14.2. The summed E-state index contributed by atoms with van der Waals surface area (Å²) in [7, 11) is 0. The van der Waals surface area contributed by atoms with Crippen LogP contribution in [0.25, 0.3) is 0 Å². The smallest absolute Gasteiger partial charge is 0.310 e. The number of hydrogen-bond acceptors (Lipinski definition) is 3. The van der Waals surface area contributed by atoms with Crippen molar-refractivity contribution in [3.05, 3.63) is 64.7 Å². The monoisotopic (exact) mass is 335 g/mol. The Hall–Kier alpha value is -2.62. The average molecular weight is 335 g/mol. The Morgan fingerprint density at radius 3 is 2.72 bits per heavy atom. The van der Waals surface area contributed by atoms with E-state index in [1.54, 1.807) is 4.90 Å². The molecule has 2 aromatic rings. The van der Waals surface area contributed by atoms with Crippen molar-refractivity contribution < 1.29 is 14.3 Å². The lowest BCUT2D eigenvalue weighted by Crippen LogP contribution is -2.33. The quantitative estimate of drug-likeness (QED) is 0.807. The van der Waals surface area contributed by atoms with E-state index in [0.29, 0.717) is 6.54 Å². The first kappa shape index (κ1) is 15.9. The zero-order chi connectivity index (χ0) is 17.2. The number of para-hydroxylation sites is 1. The standard InChI is InChI=1S/C21H21NO3/c23-20(22-11-10-17-4-1-2-7-19(17)22)14-25-21(24)13-15-8-9-16-5-3-6-18(16)12-15/h1-2,4,7-9,12H,3,5-6,10-11,13-14H2. The van der Waals surface area contributed by atoms with Gasteiger partial charge in [-0.25, -0.2) is 0 Å². The largest absolute Gasteiger partial charge is 0.455 e. The maximum atomic E-state index is 12.4. The number of carbonyl (C=O) groups excluding carboxylic acids is 2. The Labute approximate surface area is 147 Å². The number of fused-ring (bicyclic) bond motifs is 2. The SMILES string of the molecule is O=C(Cc1ccc2c(c1)CCC2)OCC(=O)N1CCc2ccccc21. The number of rotatable bonds is 4. The molecular weight excluding hydrogens is 314 g/mol. The number of ether oxygens (including phenoxy) is 1. The molecule has 4 heteroatoms. The van der Waals surface area contributed by atoms with E-state index in [1.807, 2.05) is 30.3 Å². The first-order chi connectivity index (χ1) is 12.2. The van der Waals surface area contributed by atoms with E-state index in [0.717, 1.165) is 30.5 Å². The molecule has 0 radical (unpaired) electrons. The van der Waals surface area contributed by atoms with Gasteiger partial charge < -0.3 is 9.64 Å². The minimum Gasteiger partial charge on any atom is -0.455 e. The molecule has 0 aromatic heterocycles. The van der Waals surface area contributed by atoms with Crippen LogP contribution in [-0.2, 0) is 40.0 Å². The van der Waals surface area contributed by atoms with Crippen molar-refractivity contribution in [2.24, 2.45) is 0 Å². The Bertz CT molecular complexity index is 828. The predicted octanol–water partition coefficient (Wildman–Crippen LogP) is 2.85. The van der Waals surface area contributed by atoms with E-state index in [1.165, 1.54) is 23.1 Å². The summed E-state index contributed by atoms with van der Waals surface area (Å²) in [5.74, 6) is -0.508. The van der Waals surface area contributed by atoms with Crippen LogP contribution in [-0.4, -0.2) is 25.0 Å². The van der Waals surface area contributed by atoms with E-state index in [4.69, 9.17) is 4.74 Å². The summed E-state index contributed by atoms with van der Waals surface area (Å²) in [6, 6.07) is 14.1. The van der Waals surface area contributed by atoms with E-state index in [9.17, 15) is 9.59 Å². The van der Waals surface area contributed by atoms with Gasteiger partial charge in [0.15, 0.2) is 6.61 Å². The van der Waals surface area contributed by atoms with Gasteiger partial charge in [-0.2, -0.15) is 0 Å². The highest BCUT2D eigenvalue weighted by molar-refractivity contribution is 5.97. The molecule has 0 saturated heterocycles. The van der Waals surface area contributed by atoms with Gasteiger partial charge in [-0.3, -0.25) is 9.59 Å². The third kappa shape index (κ3) is 3.29. The second kappa shape index (κ2) is 6.71. The van der Waals surface area contributed by atoms with Gasteiger partial charge in [0.25, 0.3) is 5.91 Å². The third-order valence-corrected chi connectivity index (χ3v) is 5.06. The third-order valence-electron chi connectivity index (χ3n) is 5.06. The number of amides is 1. The van der Waals surface area contributed by atoms with Crippen LogP contribution in [0.4, 0.5) is 5.69 Å². The van der Waals surface area contributed by atoms with Gasteiger partial charge in [-0.15, -0.1) is 0 Å². The molecule has 2 aromatic carbocycles. The predicted molar refractivity (Wildman–Crippen MR) is 95.6 cm³/mol. The van der Waals surface area contributed by atoms with Crippen LogP contribution in [0, 0.1) is 0 Å². The molecule has 1 aliphatic carbocycles. The minimum absolute atomic E-state index is 0.160. The number of carbonyl (C=O) groups is 2. The second-order valence-corrected chi connectivity index (χ2v) is 6.72. The molecule has 4 rings (SSSR count). The van der Waals surface area contributed by atoms with Crippen molar-refractivity contribution in [3.63, 3.8) is 0 Å². The van der Waals surface area contributed by atoms with E-state index in [-0.39, 0.29) is 24.9 Å². The number of anilines is 1. The van der Waals surface area contributed by atoms with E-state index in [2.05, 4.69) is 12.1 Å². The minimum atomic E-state index is -0.348. The van der Waals surface area contributed by atoms with Crippen LogP contribution in [0.1, 0.15) is 28.7 Å². The number of esters is 1. The fourth-order valence-corrected chi connectivity index (χ4v) is 3.77. The topological polar surface area (TPSA) is 46.6 Å². The molecule has 1 amide bonds. The molecule has 1 heterocycles. The maximum absolute atomic E-state index is 12.4. The van der Waals surface area contributed by atoms with Crippen molar-refractivity contribution >= 4 is 17.6 Å². The summed E-state index contributed by atoms with van der Waals surface area (Å²) in [5, 5.41) is 0. The van der Waals surface area contributed by atoms with E-state index < -0.39 is 0 Å². The molecule has 0 unspecified atom stereocenters. The Balaban J connectivity index is 1.32. The summed E-state index contributed by atoms with van der Waals surface area (Å²) < 4.78 is 5.22. The molecular formula is C21H21NO3. The lowest BCUT2D eigenvalue weighted by Gasteiger charge is -2.17. The van der Waals surface area contributed by atoms with Crippen LogP contribution in [0.3, 0.4) is 0 Å². The van der Waals surface area contributed by atoms with Crippen LogP contribution in [0.15, 0.2) is 42.5 Å². The lowest BCUT2D eigenvalue weighted by atomic mass is 10.0. The van der Waals surface area contributed by atoms with Crippen LogP contribution in [0.2, 0.25) is 0 Å². The first-order valence-electron chi connectivity index (χ1n) is 8.85. The van der Waals surface area contributed by atoms with Crippen molar-refractivity contribution in [1.29, 1.82) is 0 Å². The second-order valence-electron chi connectivity index (χ2n) is 6.72. The molecule has 0 fully saturated rings. The highest BCUT2D eigenvalue weighted by atomic mass is 16.5. The van der Waals surface area contributed by atoms with Crippen molar-refractivity contribution in [2.75, 3.05) is 18.1 Å². The van der Waals surface area contributed by atoms with Crippen molar-refractivity contribution in [1.82, 2.24) is 0 Å². The van der Waals surface area contributed by atoms with Gasteiger partial charge in [0.2, 0.25) is 0 Å². The number of aryl methyl sites for hydroxylation is 2. The number of hydrogen-bond donors (Lipinski definition) is 0. The molecule has 0 N–H and O–H groups in total. The van der Waals surface area contributed by atoms with Crippen molar-refractivity contribution in [2.45, 2.75) is 32.1 Å². The van der Waals surface area contributed by atoms with E-state index >= 15 is 0 Å². The Morgan fingerprint density at radius 1 is 0.960 bits per heavy atom. The molecule has 2 aliphatic rings. The van der Waals surface area contributed by atoms with Crippen LogP contribution < -0.4 is 4.90 Å². The highest BCUT2D eigenvalue weighted by Gasteiger charge is 2.24. The van der Waals surface area contributed by atoms with Crippen molar-refractivity contribution in [3.8, 4) is 0 Å². The summed E-state index contributed by atoms with van der Waals surface area (Å²) in [6.07, 6.45) is 4.48. The molecule has 128 valence electrons. The molecule has 25 heavy (non-hydrogen) atoms. The molecule has 1 aliphatic heterocycles. The van der Waals surface area contributed by atoms with Crippen LogP contribution in [0.5, 0.6) is 0 Å². The molecule has 0 bridgehead atoms. The molecule has 0 atom stereocenters. The van der Waals surface area contributed by atoms with Gasteiger partial charge in [-0.1, -0.05) is 36.4 Å². The lowest BCUT2D eigenvalue weighted by molar-refractivity contribution is -0.147. The number of nitrogens with zero attached hydrogens (tertiary/aromatic N) is 1. The van der Waals surface area contributed by atoms with Crippen LogP contribution >= 0.6 is 0 Å². The van der Waals surface area contributed by atoms with Gasteiger partial charge >= 0.3 is 5.97 Å². The van der Waals surface area contributed by atoms with Gasteiger partial charge in [-0.05, 0) is 54.0 Å². The summed E-state index contributed by atoms with van der Waals surface area (Å²) in [6.45, 7) is 0.457. The van der Waals surface area contributed by atoms with Gasteiger partial charge in [0.05, 0.1) is 6.42 Å². The molecule has 0 saturated carbocycles. The highest BCUT2D eigenvalue weighted by Crippen LogP contribution is 2.27. The van der Waals surface area contributed by atoms with Gasteiger partial charge in [0.1, 0.15) is 0 Å². The average Bonchev–Trinajstić information content (AvgIpc) is 3.26. The van der Waals surface area contributed by atoms with Gasteiger partial charge in [0, 0.05) is 12.2 Å². The molecule has 0 spiro atoms. The normalized spacial score (nSPS) is 15.0. The maximum Gasteiger partial charge on any atom is 0.310 e. The fraction of sp³-hybridized carbons (Fsp3) is 0.333. The zero-order valence-corrected chi connectivity index (χ0v) is 14.2. The summed E-state index contributed by atoms with van der Waals surface area (Å²) >= 11 is 0. The Kier molecular flexibility index (Phi) is 4.26. The number of benzene rings is 2.